The summed E-state index contributed by atoms with van der Waals surface area (Å²) < 4.78 is 6.33. The van der Waals surface area contributed by atoms with Crippen LogP contribution in [0.3, 0.4) is 0 Å². The molecule has 0 fully saturated rings. The van der Waals surface area contributed by atoms with Crippen molar-refractivity contribution in [3.8, 4) is 5.75 Å². The van der Waals surface area contributed by atoms with Crippen LogP contribution in [0.1, 0.15) is 51.5 Å². The first-order valence-electron chi connectivity index (χ1n) is 7.77. The van der Waals surface area contributed by atoms with Gasteiger partial charge in [-0.2, -0.15) is 0 Å². The highest BCUT2D eigenvalue weighted by molar-refractivity contribution is 9.10. The van der Waals surface area contributed by atoms with Crippen molar-refractivity contribution in [3.05, 3.63) is 28.2 Å². The Morgan fingerprint density at radius 3 is 2.60 bits per heavy atom. The predicted molar refractivity (Wildman–Crippen MR) is 90.6 cm³/mol. The summed E-state index contributed by atoms with van der Waals surface area (Å²) in [4.78, 5) is 0. The highest BCUT2D eigenvalue weighted by Gasteiger charge is 2.10. The number of nitrogens with one attached hydrogen (secondary N) is 1. The Labute approximate surface area is 132 Å². The lowest BCUT2D eigenvalue weighted by Crippen LogP contribution is -2.31. The van der Waals surface area contributed by atoms with Gasteiger partial charge < -0.3 is 10.1 Å². The quantitative estimate of drug-likeness (QED) is 0.608. The average molecular weight is 342 g/mol. The molecule has 2 nitrogen and oxygen atoms in total. The molecule has 0 radical (unpaired) electrons. The highest BCUT2D eigenvalue weighted by Crippen LogP contribution is 2.26. The van der Waals surface area contributed by atoms with Crippen LogP contribution in [0.5, 0.6) is 5.75 Å². The normalized spacial score (nSPS) is 12.4. The lowest BCUT2D eigenvalue weighted by atomic mass is 10.00. The molecule has 0 saturated heterocycles. The van der Waals surface area contributed by atoms with Gasteiger partial charge in [0, 0.05) is 6.04 Å². The van der Waals surface area contributed by atoms with E-state index < -0.39 is 0 Å². The third-order valence-corrected chi connectivity index (χ3v) is 4.16. The summed E-state index contributed by atoms with van der Waals surface area (Å²) in [6.45, 7) is 5.59. The Hall–Kier alpha value is -0.540. The second-order valence-corrected chi connectivity index (χ2v) is 6.17. The Morgan fingerprint density at radius 2 is 2.00 bits per heavy atom. The number of methoxy groups -OCH3 is 1. The minimum Gasteiger partial charge on any atom is -0.496 e. The molecule has 1 atom stereocenters. The van der Waals surface area contributed by atoms with Crippen LogP contribution in [0.15, 0.2) is 22.7 Å². The molecule has 1 unspecified atom stereocenters. The van der Waals surface area contributed by atoms with Crippen LogP contribution in [0.25, 0.3) is 0 Å². The van der Waals surface area contributed by atoms with Crippen molar-refractivity contribution in [2.45, 2.75) is 58.4 Å². The van der Waals surface area contributed by atoms with E-state index in [1.54, 1.807) is 7.11 Å². The molecule has 0 bridgehead atoms. The largest absolute Gasteiger partial charge is 0.496 e. The third-order valence-electron chi connectivity index (χ3n) is 3.54. The molecule has 20 heavy (non-hydrogen) atoms. The van der Waals surface area contributed by atoms with Crippen molar-refractivity contribution in [3.63, 3.8) is 0 Å². The van der Waals surface area contributed by atoms with Gasteiger partial charge in [-0.15, -0.1) is 0 Å². The fraction of sp³-hybridized carbons (Fsp3) is 0.647. The first-order valence-corrected chi connectivity index (χ1v) is 8.56. The standard InChI is InChI=1S/C17H28BrNO/c1-4-6-7-8-15(19-11-5-2)12-14-9-10-17(20-3)16(18)13-14/h9-10,13,15,19H,4-8,11-12H2,1-3H3. The Balaban J connectivity index is 2.60. The SMILES string of the molecule is CCCCCC(Cc1ccc(OC)c(Br)c1)NCCC. The number of ether oxygens (including phenoxy) is 1. The number of rotatable bonds is 10. The maximum atomic E-state index is 5.29. The van der Waals surface area contributed by atoms with Gasteiger partial charge in [-0.1, -0.05) is 39.2 Å². The molecule has 0 amide bonds. The molecule has 0 aromatic heterocycles. The molecule has 0 aliphatic heterocycles. The number of hydrogen-bond donors (Lipinski definition) is 1. The molecule has 1 aromatic carbocycles. The zero-order valence-corrected chi connectivity index (χ0v) is 14.6. The van der Waals surface area contributed by atoms with Gasteiger partial charge >= 0.3 is 0 Å². The summed E-state index contributed by atoms with van der Waals surface area (Å²) in [7, 11) is 1.70. The number of benzene rings is 1. The fourth-order valence-corrected chi connectivity index (χ4v) is 2.97. The van der Waals surface area contributed by atoms with E-state index in [1.807, 2.05) is 6.07 Å². The van der Waals surface area contributed by atoms with Crippen molar-refractivity contribution in [2.24, 2.45) is 0 Å². The second kappa shape index (κ2) is 10.2. The van der Waals surface area contributed by atoms with Crippen LogP contribution >= 0.6 is 15.9 Å². The zero-order valence-electron chi connectivity index (χ0n) is 13.0. The first kappa shape index (κ1) is 17.5. The first-order chi connectivity index (χ1) is 9.71. The number of unbranched alkanes of at least 4 members (excludes halogenated alkanes) is 2. The summed E-state index contributed by atoms with van der Waals surface area (Å²) in [6, 6.07) is 6.98. The Morgan fingerprint density at radius 1 is 1.20 bits per heavy atom. The van der Waals surface area contributed by atoms with Gasteiger partial charge in [0.2, 0.25) is 0 Å². The van der Waals surface area contributed by atoms with Gasteiger partial charge in [0.1, 0.15) is 5.75 Å². The zero-order chi connectivity index (χ0) is 14.8. The van der Waals surface area contributed by atoms with Crippen molar-refractivity contribution < 1.29 is 4.74 Å². The molecule has 0 aliphatic rings. The Bertz CT molecular complexity index is 381. The van der Waals surface area contributed by atoms with Crippen LogP contribution in [0.4, 0.5) is 0 Å². The number of halogens is 1. The summed E-state index contributed by atoms with van der Waals surface area (Å²) in [6.07, 6.45) is 7.47. The molecule has 0 spiro atoms. The van der Waals surface area contributed by atoms with Crippen molar-refractivity contribution in [1.82, 2.24) is 5.32 Å². The summed E-state index contributed by atoms with van der Waals surface area (Å²) in [5.41, 5.74) is 1.36. The minimum absolute atomic E-state index is 0.585. The molecule has 114 valence electrons. The molecule has 3 heteroatoms. The Kier molecular flexibility index (Phi) is 8.95. The van der Waals surface area contributed by atoms with Crippen LogP contribution in [-0.4, -0.2) is 19.7 Å². The molecule has 1 rings (SSSR count). The summed E-state index contributed by atoms with van der Waals surface area (Å²) in [5.74, 6) is 0.901. The molecule has 0 heterocycles. The third kappa shape index (κ3) is 6.27. The van der Waals surface area contributed by atoms with E-state index in [0.717, 1.165) is 23.2 Å². The van der Waals surface area contributed by atoms with Crippen LogP contribution in [0, 0.1) is 0 Å². The van der Waals surface area contributed by atoms with Gasteiger partial charge in [-0.3, -0.25) is 0 Å². The summed E-state index contributed by atoms with van der Waals surface area (Å²) in [5, 5.41) is 3.68. The van der Waals surface area contributed by atoms with Gasteiger partial charge in [0.15, 0.2) is 0 Å². The summed E-state index contributed by atoms with van der Waals surface area (Å²) >= 11 is 3.57. The van der Waals surface area contributed by atoms with Crippen LogP contribution in [-0.2, 0) is 6.42 Å². The predicted octanol–water partition coefficient (Wildman–Crippen LogP) is 4.95. The van der Waals surface area contributed by atoms with E-state index in [9.17, 15) is 0 Å². The van der Waals surface area contributed by atoms with Crippen molar-refractivity contribution in [2.75, 3.05) is 13.7 Å². The van der Waals surface area contributed by atoms with Crippen molar-refractivity contribution in [1.29, 1.82) is 0 Å². The second-order valence-electron chi connectivity index (χ2n) is 5.32. The number of hydrogen-bond acceptors (Lipinski definition) is 2. The maximum absolute atomic E-state index is 5.29. The van der Waals surface area contributed by atoms with E-state index in [-0.39, 0.29) is 0 Å². The van der Waals surface area contributed by atoms with Gasteiger partial charge in [-0.25, -0.2) is 0 Å². The molecular weight excluding hydrogens is 314 g/mol. The van der Waals surface area contributed by atoms with Gasteiger partial charge in [-0.05, 0) is 59.4 Å². The minimum atomic E-state index is 0.585. The highest BCUT2D eigenvalue weighted by atomic mass is 79.9. The van der Waals surface area contributed by atoms with Crippen molar-refractivity contribution >= 4 is 15.9 Å². The average Bonchev–Trinajstić information content (AvgIpc) is 2.45. The topological polar surface area (TPSA) is 21.3 Å². The lowest BCUT2D eigenvalue weighted by molar-refractivity contribution is 0.411. The van der Waals surface area contributed by atoms with E-state index in [4.69, 9.17) is 4.74 Å². The monoisotopic (exact) mass is 341 g/mol. The van der Waals surface area contributed by atoms with Gasteiger partial charge in [0.25, 0.3) is 0 Å². The van der Waals surface area contributed by atoms with E-state index in [1.165, 1.54) is 37.7 Å². The molecule has 1 N–H and O–H groups in total. The lowest BCUT2D eigenvalue weighted by Gasteiger charge is -2.19. The fourth-order valence-electron chi connectivity index (χ4n) is 2.39. The molecule has 1 aromatic rings. The van der Waals surface area contributed by atoms with E-state index in [0.29, 0.717) is 6.04 Å². The maximum Gasteiger partial charge on any atom is 0.133 e. The molecule has 0 saturated carbocycles. The van der Waals surface area contributed by atoms with E-state index >= 15 is 0 Å². The van der Waals surface area contributed by atoms with E-state index in [2.05, 4.69) is 47.2 Å². The smallest absolute Gasteiger partial charge is 0.133 e. The van der Waals surface area contributed by atoms with Crippen LogP contribution < -0.4 is 10.1 Å². The molecule has 0 aliphatic carbocycles. The molecular formula is C17H28BrNO. The van der Waals surface area contributed by atoms with Crippen LogP contribution in [0.2, 0.25) is 0 Å². The van der Waals surface area contributed by atoms with Gasteiger partial charge in [0.05, 0.1) is 11.6 Å².